The molecule has 3 aromatic carbocycles. The highest BCUT2D eigenvalue weighted by Crippen LogP contribution is 2.34. The van der Waals surface area contributed by atoms with Crippen molar-refractivity contribution in [2.24, 2.45) is 0 Å². The molecule has 1 N–H and O–H groups in total. The third-order valence-corrected chi connectivity index (χ3v) is 7.32. The number of phenolic OH excluding ortho intramolecular Hbond substituents is 1. The number of amides is 1. The maximum atomic E-state index is 12.8. The summed E-state index contributed by atoms with van der Waals surface area (Å²) in [5, 5.41) is 10.2. The molecule has 0 aliphatic carbocycles. The summed E-state index contributed by atoms with van der Waals surface area (Å²) in [4.78, 5) is 19.4. The average Bonchev–Trinajstić information content (AvgIpc) is 2.88. The second-order valence-corrected chi connectivity index (χ2v) is 9.96. The molecule has 0 atom stereocenters. The summed E-state index contributed by atoms with van der Waals surface area (Å²) in [6.45, 7) is 8.37. The maximum absolute atomic E-state index is 12.8. The molecule has 1 aliphatic heterocycles. The summed E-state index contributed by atoms with van der Waals surface area (Å²) >= 11 is 3.51. The summed E-state index contributed by atoms with van der Waals surface area (Å²) in [5.41, 5.74) is 4.04. The highest BCUT2D eigenvalue weighted by atomic mass is 79.9. The molecule has 0 spiro atoms. The van der Waals surface area contributed by atoms with Crippen molar-refractivity contribution in [2.45, 2.75) is 39.3 Å². The first-order valence-electron chi connectivity index (χ1n) is 12.4. The number of carbonyl (C=O) groups is 1. The molecule has 0 bridgehead atoms. The molecule has 3 aromatic rings. The molecule has 184 valence electrons. The monoisotopic (exact) mass is 535 g/mol. The van der Waals surface area contributed by atoms with Gasteiger partial charge in [-0.3, -0.25) is 9.69 Å². The van der Waals surface area contributed by atoms with E-state index in [4.69, 9.17) is 0 Å². The first kappa shape index (κ1) is 25.3. The molecular formula is C29H34BrN3O2. The van der Waals surface area contributed by atoms with Gasteiger partial charge in [0.1, 0.15) is 5.75 Å². The number of hydrogen-bond acceptors (Lipinski definition) is 4. The quantitative estimate of drug-likeness (QED) is 0.360. The van der Waals surface area contributed by atoms with E-state index in [2.05, 4.69) is 50.0 Å². The van der Waals surface area contributed by atoms with Crippen LogP contribution >= 0.6 is 15.9 Å². The Bertz CT molecular complexity index is 1110. The Morgan fingerprint density at radius 2 is 1.60 bits per heavy atom. The van der Waals surface area contributed by atoms with Gasteiger partial charge in [0.05, 0.1) is 0 Å². The van der Waals surface area contributed by atoms with Crippen LogP contribution in [0.4, 0.5) is 11.4 Å². The van der Waals surface area contributed by atoms with Crippen LogP contribution in [0.3, 0.4) is 0 Å². The zero-order valence-corrected chi connectivity index (χ0v) is 22.1. The number of anilines is 2. The molecule has 4 rings (SSSR count). The molecule has 5 nitrogen and oxygen atoms in total. The molecule has 35 heavy (non-hydrogen) atoms. The molecule has 1 saturated heterocycles. The van der Waals surface area contributed by atoms with E-state index in [0.717, 1.165) is 48.3 Å². The van der Waals surface area contributed by atoms with Crippen molar-refractivity contribution in [3.63, 3.8) is 0 Å². The number of benzene rings is 3. The lowest BCUT2D eigenvalue weighted by Crippen LogP contribution is -2.42. The first-order valence-corrected chi connectivity index (χ1v) is 13.2. The van der Waals surface area contributed by atoms with Gasteiger partial charge in [-0.1, -0.05) is 34.1 Å². The van der Waals surface area contributed by atoms with E-state index < -0.39 is 0 Å². The zero-order chi connectivity index (χ0) is 24.8. The van der Waals surface area contributed by atoms with Crippen LogP contribution in [0.25, 0.3) is 0 Å². The smallest absolute Gasteiger partial charge is 0.253 e. The number of phenols is 1. The van der Waals surface area contributed by atoms with Crippen LogP contribution in [0.2, 0.25) is 0 Å². The number of halogens is 1. The third kappa shape index (κ3) is 6.24. The minimum atomic E-state index is 0.0618. The fourth-order valence-electron chi connectivity index (χ4n) is 4.86. The van der Waals surface area contributed by atoms with E-state index in [1.54, 1.807) is 6.07 Å². The summed E-state index contributed by atoms with van der Waals surface area (Å²) in [7, 11) is 0. The second kappa shape index (κ2) is 11.7. The van der Waals surface area contributed by atoms with Crippen LogP contribution in [-0.2, 0) is 6.54 Å². The minimum Gasteiger partial charge on any atom is -0.508 e. The fourth-order valence-corrected chi connectivity index (χ4v) is 5.12. The van der Waals surface area contributed by atoms with Crippen molar-refractivity contribution >= 4 is 33.2 Å². The number of nitrogens with zero attached hydrogens (tertiary/aromatic N) is 3. The summed E-state index contributed by atoms with van der Waals surface area (Å²) in [6, 6.07) is 24.2. The van der Waals surface area contributed by atoms with Crippen LogP contribution in [0.15, 0.2) is 77.3 Å². The van der Waals surface area contributed by atoms with Gasteiger partial charge in [-0.2, -0.15) is 0 Å². The van der Waals surface area contributed by atoms with E-state index in [1.165, 1.54) is 5.56 Å². The van der Waals surface area contributed by atoms with Gasteiger partial charge in [-0.25, -0.2) is 0 Å². The Kier molecular flexibility index (Phi) is 8.47. The number of rotatable bonds is 8. The Hall–Kier alpha value is -2.83. The number of carbonyl (C=O) groups excluding carboxylic acids is 1. The maximum Gasteiger partial charge on any atom is 0.253 e. The summed E-state index contributed by atoms with van der Waals surface area (Å²) in [6.07, 6.45) is 2.04. The Balaban J connectivity index is 1.52. The van der Waals surface area contributed by atoms with Crippen molar-refractivity contribution in [1.82, 2.24) is 9.80 Å². The van der Waals surface area contributed by atoms with E-state index in [0.29, 0.717) is 24.7 Å². The van der Waals surface area contributed by atoms with Crippen molar-refractivity contribution in [2.75, 3.05) is 31.1 Å². The fraction of sp³-hybridized carbons (Fsp3) is 0.345. The lowest BCUT2D eigenvalue weighted by molar-refractivity contribution is 0.0773. The van der Waals surface area contributed by atoms with Gasteiger partial charge >= 0.3 is 0 Å². The largest absolute Gasteiger partial charge is 0.508 e. The second-order valence-electron chi connectivity index (χ2n) is 9.05. The van der Waals surface area contributed by atoms with Gasteiger partial charge in [0.15, 0.2) is 0 Å². The van der Waals surface area contributed by atoms with Gasteiger partial charge in [0, 0.05) is 66.2 Å². The van der Waals surface area contributed by atoms with E-state index >= 15 is 0 Å². The van der Waals surface area contributed by atoms with Gasteiger partial charge in [0.25, 0.3) is 5.91 Å². The molecule has 0 radical (unpaired) electrons. The minimum absolute atomic E-state index is 0.0618. The Morgan fingerprint density at radius 3 is 2.20 bits per heavy atom. The lowest BCUT2D eigenvalue weighted by Gasteiger charge is -2.40. The molecule has 6 heteroatoms. The predicted octanol–water partition coefficient (Wildman–Crippen LogP) is 6.44. The predicted molar refractivity (Wildman–Crippen MR) is 146 cm³/mol. The van der Waals surface area contributed by atoms with Gasteiger partial charge < -0.3 is 14.9 Å². The van der Waals surface area contributed by atoms with Crippen molar-refractivity contribution in [3.05, 3.63) is 88.4 Å². The van der Waals surface area contributed by atoms with Crippen molar-refractivity contribution in [3.8, 4) is 5.75 Å². The summed E-state index contributed by atoms with van der Waals surface area (Å²) in [5.74, 6) is 0.320. The normalized spacial score (nSPS) is 14.6. The number of hydrogen-bond donors (Lipinski definition) is 1. The highest BCUT2D eigenvalue weighted by Gasteiger charge is 2.27. The molecule has 1 heterocycles. The topological polar surface area (TPSA) is 47.0 Å². The average molecular weight is 537 g/mol. The number of likely N-dealkylation sites (tertiary alicyclic amines) is 1. The Labute approximate surface area is 217 Å². The molecule has 1 fully saturated rings. The van der Waals surface area contributed by atoms with Crippen LogP contribution in [0, 0.1) is 0 Å². The molecule has 1 amide bonds. The van der Waals surface area contributed by atoms with Gasteiger partial charge in [-0.05, 0) is 80.8 Å². The third-order valence-electron chi connectivity index (χ3n) is 6.79. The SMILES string of the molecule is CCN(CC)C(=O)c1ccc(N(c2cccc(O)c2)C2CCN(Cc3ccc(Br)cc3)CC2)cc1. The van der Waals surface area contributed by atoms with Crippen LogP contribution in [0.5, 0.6) is 5.75 Å². The zero-order valence-electron chi connectivity index (χ0n) is 20.5. The van der Waals surface area contributed by atoms with E-state index in [9.17, 15) is 9.90 Å². The van der Waals surface area contributed by atoms with Crippen molar-refractivity contribution < 1.29 is 9.90 Å². The highest BCUT2D eigenvalue weighted by molar-refractivity contribution is 9.10. The molecule has 0 unspecified atom stereocenters. The summed E-state index contributed by atoms with van der Waals surface area (Å²) < 4.78 is 1.10. The molecule has 0 saturated carbocycles. The number of piperidine rings is 1. The Morgan fingerprint density at radius 1 is 0.943 bits per heavy atom. The standard InChI is InChI=1S/C29H34BrN3O2/c1-3-32(4-2)29(35)23-10-14-25(15-11-23)33(27-6-5-7-28(34)20-27)26-16-18-31(19-17-26)21-22-8-12-24(30)13-9-22/h5-15,20,26,34H,3-4,16-19,21H2,1-2H3. The molecule has 0 aromatic heterocycles. The number of aromatic hydroxyl groups is 1. The van der Waals surface area contributed by atoms with Crippen LogP contribution < -0.4 is 4.90 Å². The lowest BCUT2D eigenvalue weighted by atomic mass is 10.00. The van der Waals surface area contributed by atoms with Crippen LogP contribution in [0.1, 0.15) is 42.6 Å². The first-order chi connectivity index (χ1) is 17.0. The van der Waals surface area contributed by atoms with E-state index in [1.807, 2.05) is 61.2 Å². The van der Waals surface area contributed by atoms with E-state index in [-0.39, 0.29) is 11.7 Å². The van der Waals surface area contributed by atoms with Crippen molar-refractivity contribution in [1.29, 1.82) is 0 Å². The van der Waals surface area contributed by atoms with Gasteiger partial charge in [0.2, 0.25) is 0 Å². The van der Waals surface area contributed by atoms with Gasteiger partial charge in [-0.15, -0.1) is 0 Å². The van der Waals surface area contributed by atoms with Crippen LogP contribution in [-0.4, -0.2) is 53.0 Å². The molecule has 1 aliphatic rings. The molecular weight excluding hydrogens is 502 g/mol.